The molecule has 14 heteroatoms. The summed E-state index contributed by atoms with van der Waals surface area (Å²) in [5.74, 6) is 0.411. The number of ether oxygens (including phenoxy) is 1. The van der Waals surface area contributed by atoms with Crippen molar-refractivity contribution in [3.8, 4) is 0 Å². The second-order valence-corrected chi connectivity index (χ2v) is 16.6. The zero-order valence-electron chi connectivity index (χ0n) is 29.0. The molecule has 0 spiro atoms. The van der Waals surface area contributed by atoms with Crippen molar-refractivity contribution in [3.63, 3.8) is 0 Å². The van der Waals surface area contributed by atoms with Crippen LogP contribution in [0.4, 0.5) is 0 Å². The van der Waals surface area contributed by atoms with Crippen molar-refractivity contribution < 1.29 is 38.6 Å². The third-order valence-electron chi connectivity index (χ3n) is 6.79. The molecule has 0 aromatic heterocycles. The number of unbranched alkanes of at least 4 members (excludes halogenated alkanes) is 6. The molecule has 0 aromatic rings. The Balaban J connectivity index is 4.24. The normalized spacial score (nSPS) is 11.2. The van der Waals surface area contributed by atoms with Gasteiger partial charge < -0.3 is 25.4 Å². The van der Waals surface area contributed by atoms with E-state index in [1.54, 1.807) is 33.3 Å². The van der Waals surface area contributed by atoms with Crippen LogP contribution in [-0.4, -0.2) is 107 Å². The zero-order valence-corrected chi connectivity index (χ0v) is 31.5. The maximum Gasteiger partial charge on any atom is 0.329 e. The standard InChI is InChI=1S/C33H59N3O8S3/c1-33(2,3)47-46-24-18-28(38)14-10-6-8-12-16-30(40)35-20-22-36(31(41)25-44-26-32(42)43)21-19-34-29(39)15-11-7-5-9-13-27(37)17-23-45-4/h5-26H2,1-4H3,(H,34,39)(H,35,40)(H,42,43). The summed E-state index contributed by atoms with van der Waals surface area (Å²) in [4.78, 5) is 73.1. The maximum absolute atomic E-state index is 12.6. The highest BCUT2D eigenvalue weighted by molar-refractivity contribution is 8.77. The van der Waals surface area contributed by atoms with Gasteiger partial charge in [-0.05, 0) is 37.7 Å². The van der Waals surface area contributed by atoms with Crippen LogP contribution in [0, 0.1) is 0 Å². The zero-order chi connectivity index (χ0) is 35.3. The lowest BCUT2D eigenvalue weighted by molar-refractivity contribution is -0.146. The molecule has 0 fully saturated rings. The van der Waals surface area contributed by atoms with E-state index in [2.05, 4.69) is 31.4 Å². The van der Waals surface area contributed by atoms with Crippen molar-refractivity contribution in [1.29, 1.82) is 0 Å². The SMILES string of the molecule is CSCCC(=O)CCCCCCC(=O)NCCN(CCNC(=O)CCCCCCC(=O)CCSSC(C)(C)C)C(=O)COCC(=O)O. The van der Waals surface area contributed by atoms with Crippen molar-refractivity contribution in [2.45, 2.75) is 115 Å². The first-order chi connectivity index (χ1) is 22.3. The van der Waals surface area contributed by atoms with Gasteiger partial charge in [-0.1, -0.05) is 68.0 Å². The molecule has 0 saturated heterocycles. The van der Waals surface area contributed by atoms with E-state index in [9.17, 15) is 28.8 Å². The van der Waals surface area contributed by atoms with E-state index in [1.165, 1.54) is 4.90 Å². The minimum Gasteiger partial charge on any atom is -0.480 e. The van der Waals surface area contributed by atoms with Crippen LogP contribution in [0.3, 0.4) is 0 Å². The number of carboxylic acid groups (broad SMARTS) is 1. The molecule has 0 heterocycles. The molecule has 11 nitrogen and oxygen atoms in total. The number of nitrogens with zero attached hydrogens (tertiary/aromatic N) is 1. The largest absolute Gasteiger partial charge is 0.480 e. The predicted octanol–water partition coefficient (Wildman–Crippen LogP) is 5.29. The Kier molecular flexibility index (Phi) is 28.1. The second-order valence-electron chi connectivity index (χ2n) is 12.4. The van der Waals surface area contributed by atoms with E-state index in [-0.39, 0.29) is 54.3 Å². The summed E-state index contributed by atoms with van der Waals surface area (Å²) in [6.07, 6.45) is 11.7. The molecule has 272 valence electrons. The van der Waals surface area contributed by atoms with Gasteiger partial charge in [-0.15, -0.1) is 0 Å². The molecule has 0 bridgehead atoms. The summed E-state index contributed by atoms with van der Waals surface area (Å²) in [5.41, 5.74) is 0. The molecule has 0 rings (SSSR count). The van der Waals surface area contributed by atoms with Gasteiger partial charge in [-0.2, -0.15) is 11.8 Å². The van der Waals surface area contributed by atoms with Gasteiger partial charge in [-0.3, -0.25) is 24.0 Å². The molecule has 0 radical (unpaired) electrons. The van der Waals surface area contributed by atoms with Gasteiger partial charge in [0.05, 0.1) is 0 Å². The summed E-state index contributed by atoms with van der Waals surface area (Å²) in [6, 6.07) is 0. The van der Waals surface area contributed by atoms with Crippen molar-refractivity contribution in [2.24, 2.45) is 0 Å². The first-order valence-electron chi connectivity index (χ1n) is 16.8. The third kappa shape index (κ3) is 31.3. The van der Waals surface area contributed by atoms with E-state index in [0.29, 0.717) is 44.9 Å². The Morgan fingerprint density at radius 1 is 0.660 bits per heavy atom. The summed E-state index contributed by atoms with van der Waals surface area (Å²) in [7, 11) is 3.54. The average Bonchev–Trinajstić information content (AvgIpc) is 3.00. The number of hydrogen-bond acceptors (Lipinski definition) is 10. The van der Waals surface area contributed by atoms with Gasteiger partial charge in [0, 0.05) is 75.2 Å². The number of aliphatic carboxylic acids is 1. The highest BCUT2D eigenvalue weighted by atomic mass is 33.1. The van der Waals surface area contributed by atoms with E-state index in [1.807, 2.05) is 6.26 Å². The molecule has 47 heavy (non-hydrogen) atoms. The summed E-state index contributed by atoms with van der Waals surface area (Å²) < 4.78 is 5.12. The number of nitrogens with one attached hydrogen (secondary N) is 2. The van der Waals surface area contributed by atoms with Crippen LogP contribution in [0.25, 0.3) is 0 Å². The fourth-order valence-corrected chi connectivity index (χ4v) is 7.02. The maximum atomic E-state index is 12.6. The van der Waals surface area contributed by atoms with Crippen LogP contribution in [0.2, 0.25) is 0 Å². The highest BCUT2D eigenvalue weighted by Crippen LogP contribution is 2.35. The van der Waals surface area contributed by atoms with Gasteiger partial charge in [0.1, 0.15) is 24.8 Å². The molecule has 0 aromatic carbocycles. The fourth-order valence-electron chi connectivity index (χ4n) is 4.28. The number of carboxylic acids is 1. The van der Waals surface area contributed by atoms with Crippen molar-refractivity contribution in [1.82, 2.24) is 15.5 Å². The van der Waals surface area contributed by atoms with Crippen molar-refractivity contribution in [3.05, 3.63) is 0 Å². The lowest BCUT2D eigenvalue weighted by Crippen LogP contribution is -2.44. The monoisotopic (exact) mass is 721 g/mol. The topological polar surface area (TPSA) is 159 Å². The Hall–Kier alpha value is -1.77. The number of Topliss-reactive ketones (excluding diaryl/α,β-unsaturated/α-hetero) is 2. The summed E-state index contributed by atoms with van der Waals surface area (Å²) in [6.45, 7) is 6.29. The van der Waals surface area contributed by atoms with Crippen LogP contribution in [0.5, 0.6) is 0 Å². The minimum absolute atomic E-state index is 0.123. The summed E-state index contributed by atoms with van der Waals surface area (Å²) in [5, 5.41) is 14.4. The first-order valence-corrected chi connectivity index (χ1v) is 20.5. The summed E-state index contributed by atoms with van der Waals surface area (Å²) >= 11 is 1.67. The number of ketones is 2. The van der Waals surface area contributed by atoms with Crippen LogP contribution >= 0.6 is 33.3 Å². The second kappa shape index (κ2) is 29.2. The first kappa shape index (κ1) is 45.2. The van der Waals surface area contributed by atoms with Crippen molar-refractivity contribution in [2.75, 3.05) is 57.2 Å². The van der Waals surface area contributed by atoms with Gasteiger partial charge in [0.2, 0.25) is 17.7 Å². The molecule has 3 N–H and O–H groups in total. The van der Waals surface area contributed by atoms with Crippen LogP contribution < -0.4 is 10.6 Å². The molecule has 0 atom stereocenters. The molecule has 0 saturated carbocycles. The third-order valence-corrected chi connectivity index (χ3v) is 10.7. The van der Waals surface area contributed by atoms with E-state index < -0.39 is 25.1 Å². The Bertz CT molecular complexity index is 931. The Morgan fingerprint density at radius 3 is 1.57 bits per heavy atom. The number of thioether (sulfide) groups is 1. The molecule has 3 amide bonds. The van der Waals surface area contributed by atoms with Crippen LogP contribution in [0.1, 0.15) is 111 Å². The van der Waals surface area contributed by atoms with E-state index >= 15 is 0 Å². The smallest absolute Gasteiger partial charge is 0.329 e. The van der Waals surface area contributed by atoms with Crippen LogP contribution in [0.15, 0.2) is 0 Å². The molecule has 0 aliphatic carbocycles. The molecule has 0 unspecified atom stereocenters. The molecule has 0 aliphatic rings. The lowest BCUT2D eigenvalue weighted by atomic mass is 10.1. The number of carbonyl (C=O) groups excluding carboxylic acids is 5. The van der Waals surface area contributed by atoms with Crippen LogP contribution in [-0.2, 0) is 33.5 Å². The molecular weight excluding hydrogens is 663 g/mol. The Morgan fingerprint density at radius 2 is 1.13 bits per heavy atom. The van der Waals surface area contributed by atoms with Gasteiger partial charge >= 0.3 is 5.97 Å². The van der Waals surface area contributed by atoms with Crippen molar-refractivity contribution >= 4 is 68.6 Å². The van der Waals surface area contributed by atoms with E-state index in [0.717, 1.165) is 56.5 Å². The number of carbonyl (C=O) groups is 6. The van der Waals surface area contributed by atoms with Gasteiger partial charge in [0.15, 0.2) is 0 Å². The number of rotatable bonds is 31. The average molecular weight is 722 g/mol. The number of amides is 3. The molecule has 0 aliphatic heterocycles. The fraction of sp³-hybridized carbons (Fsp3) is 0.818. The van der Waals surface area contributed by atoms with Gasteiger partial charge in [0.25, 0.3) is 0 Å². The molecular formula is C33H59N3O8S3. The number of hydrogen-bond donors (Lipinski definition) is 3. The predicted molar refractivity (Wildman–Crippen MR) is 194 cm³/mol. The highest BCUT2D eigenvalue weighted by Gasteiger charge is 2.16. The van der Waals surface area contributed by atoms with E-state index in [4.69, 9.17) is 9.84 Å². The minimum atomic E-state index is -1.18. The Labute approximate surface area is 294 Å². The lowest BCUT2D eigenvalue weighted by Gasteiger charge is -2.23. The van der Waals surface area contributed by atoms with Gasteiger partial charge in [-0.25, -0.2) is 4.79 Å². The quantitative estimate of drug-likeness (QED) is 0.0631.